The largest absolute Gasteiger partial charge is 0.388 e. The van der Waals surface area contributed by atoms with Gasteiger partial charge in [0.25, 0.3) is 0 Å². The van der Waals surface area contributed by atoms with E-state index in [9.17, 15) is 54.6 Å². The number of hydrogen-bond donors (Lipinski definition) is 10. The minimum Gasteiger partial charge on any atom is -0.388 e. The summed E-state index contributed by atoms with van der Waals surface area (Å²) in [5, 5.41) is 67.8. The van der Waals surface area contributed by atoms with Gasteiger partial charge in [0, 0.05) is 39.0 Å². The van der Waals surface area contributed by atoms with E-state index < -0.39 is 103 Å². The van der Waals surface area contributed by atoms with Crippen molar-refractivity contribution in [3.63, 3.8) is 0 Å². The van der Waals surface area contributed by atoms with Gasteiger partial charge in [0.1, 0.15) is 36.6 Å². The van der Waals surface area contributed by atoms with Crippen LogP contribution in [0.2, 0.25) is 0 Å². The summed E-state index contributed by atoms with van der Waals surface area (Å²) in [6.45, 7) is 2.30. The lowest BCUT2D eigenvalue weighted by molar-refractivity contribution is -0.292. The molecule has 4 rings (SSSR count). The van der Waals surface area contributed by atoms with Crippen LogP contribution in [0, 0.1) is 11.8 Å². The van der Waals surface area contributed by atoms with Crippen molar-refractivity contribution in [2.45, 2.75) is 113 Å². The van der Waals surface area contributed by atoms with Gasteiger partial charge in [-0.1, -0.05) is 30.3 Å². The van der Waals surface area contributed by atoms with Crippen molar-refractivity contribution in [2.24, 2.45) is 17.6 Å². The molecule has 0 radical (unpaired) electrons. The highest BCUT2D eigenvalue weighted by Gasteiger charge is 2.45. The van der Waals surface area contributed by atoms with Crippen LogP contribution in [0.1, 0.15) is 45.1 Å². The summed E-state index contributed by atoms with van der Waals surface area (Å²) < 4.78 is 21.7. The number of nitrogens with one attached hydrogen (secondary N) is 3. The third-order valence-electron chi connectivity index (χ3n) is 10.3. The van der Waals surface area contributed by atoms with Crippen LogP contribution in [-0.4, -0.2) is 172 Å². The van der Waals surface area contributed by atoms with E-state index in [1.165, 1.54) is 18.7 Å². The molecule has 0 aliphatic carbocycles. The van der Waals surface area contributed by atoms with Gasteiger partial charge in [-0.2, -0.15) is 0 Å². The molecule has 3 aliphatic heterocycles. The number of likely N-dealkylation sites (tertiary alicyclic amines) is 1. The third-order valence-corrected chi connectivity index (χ3v) is 10.3. The van der Waals surface area contributed by atoms with E-state index in [1.54, 1.807) is 0 Å². The van der Waals surface area contributed by atoms with Crippen LogP contribution >= 0.6 is 0 Å². The number of ether oxygens (including phenoxy) is 4. The number of aliphatic hydroxyl groups excluding tert-OH is 6. The number of imide groups is 1. The van der Waals surface area contributed by atoms with Crippen LogP contribution in [0.25, 0.3) is 0 Å². The number of amides is 5. The number of nitrogens with two attached hydrogens (primary N) is 1. The molecule has 1 unspecified atom stereocenters. The summed E-state index contributed by atoms with van der Waals surface area (Å²) in [6.07, 6.45) is -12.1. The molecule has 5 amide bonds. The SMILES string of the molecule is C[C@@H]1O[C@@H](OCCNC(=O)C2CN(C(=O)CCCCC(=O)NC(=O)[C@@H](N)Cc3ccccc3)C[C@@H]2C(=O)NCCO[C@@H]2O[C@@H](C)[C@@H](O)[C@@H](O)[C@@H]2O)[C@@H](O)[C@H](O)[C@@H]1O. The summed E-state index contributed by atoms with van der Waals surface area (Å²) in [4.78, 5) is 66.2. The topological polar surface area (TPSA) is 309 Å². The molecule has 57 heavy (non-hydrogen) atoms. The Bertz CT molecular complexity index is 1430. The van der Waals surface area contributed by atoms with Gasteiger partial charge in [0.05, 0.1) is 43.3 Å². The molecule has 320 valence electrons. The van der Waals surface area contributed by atoms with Crippen LogP contribution in [-0.2, 0) is 49.3 Å². The molecule has 13 atom stereocenters. The zero-order valence-corrected chi connectivity index (χ0v) is 32.1. The molecule has 20 heteroatoms. The van der Waals surface area contributed by atoms with E-state index in [1.807, 2.05) is 30.3 Å². The molecule has 0 aromatic heterocycles. The first-order chi connectivity index (χ1) is 27.1. The highest BCUT2D eigenvalue weighted by atomic mass is 16.7. The normalized spacial score (nSPS) is 32.0. The summed E-state index contributed by atoms with van der Waals surface area (Å²) in [7, 11) is 0. The Morgan fingerprint density at radius 3 is 1.70 bits per heavy atom. The number of hydrogen-bond acceptors (Lipinski definition) is 16. The van der Waals surface area contributed by atoms with Crippen LogP contribution in [0.15, 0.2) is 30.3 Å². The first-order valence-corrected chi connectivity index (χ1v) is 19.2. The summed E-state index contributed by atoms with van der Waals surface area (Å²) in [5.74, 6) is -4.59. The molecule has 3 saturated heterocycles. The zero-order valence-electron chi connectivity index (χ0n) is 32.1. The molecular formula is C37H57N5O15. The van der Waals surface area contributed by atoms with Gasteiger partial charge in [0.15, 0.2) is 12.6 Å². The fraction of sp³-hybridized carbons (Fsp3) is 0.703. The summed E-state index contributed by atoms with van der Waals surface area (Å²) in [5.41, 5.74) is 6.80. The van der Waals surface area contributed by atoms with Crippen molar-refractivity contribution >= 4 is 29.5 Å². The number of unbranched alkanes of at least 4 members (excludes halogenated alkanes) is 1. The Balaban J connectivity index is 1.26. The number of nitrogens with zero attached hydrogens (tertiary/aromatic N) is 1. The van der Waals surface area contributed by atoms with Gasteiger partial charge in [-0.3, -0.25) is 29.3 Å². The van der Waals surface area contributed by atoms with Crippen molar-refractivity contribution in [3.05, 3.63) is 35.9 Å². The predicted octanol–water partition coefficient (Wildman–Crippen LogP) is -4.25. The second-order valence-electron chi connectivity index (χ2n) is 14.6. The second kappa shape index (κ2) is 21.9. The minimum absolute atomic E-state index is 0.00444. The number of benzene rings is 1. The van der Waals surface area contributed by atoms with Crippen molar-refractivity contribution < 1.29 is 73.6 Å². The molecule has 3 aliphatic rings. The number of aliphatic hydroxyl groups is 6. The molecule has 0 spiro atoms. The maximum absolute atomic E-state index is 13.4. The maximum atomic E-state index is 13.4. The Kier molecular flexibility index (Phi) is 17.7. The van der Waals surface area contributed by atoms with E-state index >= 15 is 0 Å². The molecule has 11 N–H and O–H groups in total. The Labute approximate surface area is 330 Å². The fourth-order valence-electron chi connectivity index (χ4n) is 6.78. The average Bonchev–Trinajstić information content (AvgIpc) is 3.65. The molecule has 3 fully saturated rings. The molecule has 1 aromatic rings. The standard InChI is InChI=1S/C37H57N5O15/c1-19-27(45)29(47)31(49)36(56-19)54-14-12-39-33(51)22-17-42(18-23(22)34(52)40-13-15-55-37-32(50)30(48)28(46)20(2)57-37)26(44)11-7-6-10-25(43)41-35(53)24(38)16-21-8-4-3-5-9-21/h3-5,8-9,19-20,22-24,27-32,36-37,45-50H,6-7,10-18,38H2,1-2H3,(H,39,51)(H,40,52)(H,41,43,53)/t19-,20-,22-,23?,24-,27+,28+,29+,30+,31-,32-,36+,37+/m0/s1. The van der Waals surface area contributed by atoms with Crippen molar-refractivity contribution in [1.29, 1.82) is 0 Å². The number of carbonyl (C=O) groups excluding carboxylic acids is 5. The van der Waals surface area contributed by atoms with Crippen molar-refractivity contribution in [1.82, 2.24) is 20.9 Å². The molecule has 20 nitrogen and oxygen atoms in total. The van der Waals surface area contributed by atoms with Crippen molar-refractivity contribution in [3.8, 4) is 0 Å². The lowest BCUT2D eigenvalue weighted by Crippen LogP contribution is -2.57. The minimum atomic E-state index is -1.54. The highest BCUT2D eigenvalue weighted by Crippen LogP contribution is 2.26. The first kappa shape index (κ1) is 46.0. The van der Waals surface area contributed by atoms with Gasteiger partial charge in [-0.05, 0) is 38.7 Å². The Morgan fingerprint density at radius 2 is 1.21 bits per heavy atom. The van der Waals surface area contributed by atoms with Gasteiger partial charge < -0.3 is 70.9 Å². The average molecular weight is 812 g/mol. The van der Waals surface area contributed by atoms with Crippen LogP contribution in [0.4, 0.5) is 0 Å². The Morgan fingerprint density at radius 1 is 0.737 bits per heavy atom. The molecule has 3 heterocycles. The molecule has 0 bridgehead atoms. The molecule has 0 saturated carbocycles. The van der Waals surface area contributed by atoms with E-state index in [0.29, 0.717) is 0 Å². The van der Waals surface area contributed by atoms with Gasteiger partial charge in [0.2, 0.25) is 29.5 Å². The smallest absolute Gasteiger partial charge is 0.243 e. The van der Waals surface area contributed by atoms with Crippen molar-refractivity contribution in [2.75, 3.05) is 39.4 Å². The van der Waals surface area contributed by atoms with Gasteiger partial charge in [-0.25, -0.2) is 0 Å². The van der Waals surface area contributed by atoms with Gasteiger partial charge >= 0.3 is 0 Å². The molecule has 1 aromatic carbocycles. The number of rotatable bonds is 18. The summed E-state index contributed by atoms with van der Waals surface area (Å²) >= 11 is 0. The maximum Gasteiger partial charge on any atom is 0.243 e. The van der Waals surface area contributed by atoms with E-state index in [4.69, 9.17) is 24.7 Å². The zero-order chi connectivity index (χ0) is 41.8. The lowest BCUT2D eigenvalue weighted by atomic mass is 9.94. The van der Waals surface area contributed by atoms with Crippen LogP contribution in [0.3, 0.4) is 0 Å². The quantitative estimate of drug-likeness (QED) is 0.0628. The number of carbonyl (C=O) groups is 5. The second-order valence-corrected chi connectivity index (χ2v) is 14.6. The predicted molar refractivity (Wildman–Crippen MR) is 196 cm³/mol. The van der Waals surface area contributed by atoms with Gasteiger partial charge in [-0.15, -0.1) is 0 Å². The summed E-state index contributed by atoms with van der Waals surface area (Å²) in [6, 6.07) is 8.21. The van der Waals surface area contributed by atoms with Crippen LogP contribution in [0.5, 0.6) is 0 Å². The van der Waals surface area contributed by atoms with E-state index in [0.717, 1.165) is 5.56 Å². The molecular weight excluding hydrogens is 754 g/mol. The van der Waals surface area contributed by atoms with Crippen LogP contribution < -0.4 is 21.7 Å². The fourth-order valence-corrected chi connectivity index (χ4v) is 6.78. The van der Waals surface area contributed by atoms with E-state index in [-0.39, 0.29) is 77.4 Å². The first-order valence-electron chi connectivity index (χ1n) is 19.2. The highest BCUT2D eigenvalue weighted by molar-refractivity contribution is 5.97. The Hall–Kier alpha value is -3.67. The third kappa shape index (κ3) is 12.9. The monoisotopic (exact) mass is 811 g/mol. The van der Waals surface area contributed by atoms with E-state index in [2.05, 4.69) is 16.0 Å². The lowest BCUT2D eigenvalue weighted by Gasteiger charge is -2.38.